The molecule has 5 heterocycles. The highest BCUT2D eigenvalue weighted by atomic mass is 19.1. The number of likely N-dealkylation sites (tertiary alicyclic amines) is 1. The number of nitrogens with one attached hydrogen (secondary N) is 1. The van der Waals surface area contributed by atoms with Gasteiger partial charge >= 0.3 is 0 Å². The first-order chi connectivity index (χ1) is 16.5. The highest BCUT2D eigenvalue weighted by molar-refractivity contribution is 5.98. The van der Waals surface area contributed by atoms with Crippen molar-refractivity contribution in [1.29, 1.82) is 0 Å². The summed E-state index contributed by atoms with van der Waals surface area (Å²) < 4.78 is 17.2. The van der Waals surface area contributed by atoms with E-state index < -0.39 is 17.4 Å². The number of fused-ring (bicyclic) bond motifs is 1. The number of rotatable bonds is 7. The second kappa shape index (κ2) is 8.84. The number of halogens is 1. The number of hydrogen-bond acceptors (Lipinski definition) is 7. The van der Waals surface area contributed by atoms with Gasteiger partial charge in [-0.05, 0) is 37.1 Å². The van der Waals surface area contributed by atoms with E-state index in [0.29, 0.717) is 12.2 Å². The molecule has 0 aliphatic carbocycles. The van der Waals surface area contributed by atoms with Crippen LogP contribution in [0.2, 0.25) is 0 Å². The van der Waals surface area contributed by atoms with E-state index in [9.17, 15) is 9.18 Å². The van der Waals surface area contributed by atoms with Crippen LogP contribution in [-0.2, 0) is 12.1 Å². The molecular formula is C23H26FN9O. The van der Waals surface area contributed by atoms with Gasteiger partial charge in [-0.3, -0.25) is 14.4 Å². The summed E-state index contributed by atoms with van der Waals surface area (Å²) >= 11 is 0. The standard InChI is InChI=1S/C23H26FN9O/c24-20-12-16(4-8-27-20)29-22-19(21(26)34)14-32(30-22)23(15-25)6-10-31(11-7-23)13-18-3-1-2-17-5-9-28-33(17)18/h1-5,8-9,12,14H,6-7,10-11,13,15,25H2,(H2,26,34)(H,27,29,30). The van der Waals surface area contributed by atoms with Crippen molar-refractivity contribution in [2.45, 2.75) is 24.9 Å². The van der Waals surface area contributed by atoms with Gasteiger partial charge in [0, 0.05) is 56.5 Å². The second-order valence-corrected chi connectivity index (χ2v) is 8.58. The average molecular weight is 464 g/mol. The van der Waals surface area contributed by atoms with Crippen molar-refractivity contribution in [3.8, 4) is 0 Å². The third-order valence-electron chi connectivity index (χ3n) is 6.51. The summed E-state index contributed by atoms with van der Waals surface area (Å²) in [6.45, 7) is 2.74. The topological polar surface area (TPSA) is 132 Å². The van der Waals surface area contributed by atoms with E-state index in [1.807, 2.05) is 22.7 Å². The fourth-order valence-corrected chi connectivity index (χ4v) is 4.52. The molecule has 5 rings (SSSR count). The molecule has 1 aliphatic heterocycles. The number of piperidine rings is 1. The minimum atomic E-state index is -0.637. The summed E-state index contributed by atoms with van der Waals surface area (Å²) in [6, 6.07) is 11.0. The Balaban J connectivity index is 1.35. The minimum absolute atomic E-state index is 0.220. The van der Waals surface area contributed by atoms with Crippen LogP contribution in [0, 0.1) is 5.95 Å². The Morgan fingerprint density at radius 1 is 1.18 bits per heavy atom. The van der Waals surface area contributed by atoms with Gasteiger partial charge in [0.05, 0.1) is 16.7 Å². The number of carbonyl (C=O) groups is 1. The van der Waals surface area contributed by atoms with E-state index in [1.54, 1.807) is 23.1 Å². The van der Waals surface area contributed by atoms with Crippen LogP contribution in [0.1, 0.15) is 28.9 Å². The van der Waals surface area contributed by atoms with E-state index >= 15 is 0 Å². The predicted molar refractivity (Wildman–Crippen MR) is 125 cm³/mol. The normalized spacial score (nSPS) is 16.1. The number of anilines is 2. The Morgan fingerprint density at radius 2 is 2.00 bits per heavy atom. The van der Waals surface area contributed by atoms with Crippen molar-refractivity contribution in [2.24, 2.45) is 11.5 Å². The summed E-state index contributed by atoms with van der Waals surface area (Å²) in [7, 11) is 0. The van der Waals surface area contributed by atoms with Gasteiger partial charge in [-0.15, -0.1) is 0 Å². The lowest BCUT2D eigenvalue weighted by Gasteiger charge is -2.41. The Bertz CT molecular complexity index is 1320. The molecule has 0 bridgehead atoms. The van der Waals surface area contributed by atoms with E-state index in [-0.39, 0.29) is 11.4 Å². The molecule has 11 heteroatoms. The minimum Gasteiger partial charge on any atom is -0.365 e. The van der Waals surface area contributed by atoms with Gasteiger partial charge < -0.3 is 16.8 Å². The monoisotopic (exact) mass is 463 g/mol. The molecule has 1 amide bonds. The van der Waals surface area contributed by atoms with Gasteiger partial charge in [0.1, 0.15) is 5.56 Å². The van der Waals surface area contributed by atoms with Gasteiger partial charge in [0.2, 0.25) is 5.95 Å². The quantitative estimate of drug-likeness (QED) is 0.356. The van der Waals surface area contributed by atoms with Crippen LogP contribution >= 0.6 is 0 Å². The van der Waals surface area contributed by atoms with Gasteiger partial charge in [0.25, 0.3) is 5.91 Å². The molecule has 0 radical (unpaired) electrons. The summed E-state index contributed by atoms with van der Waals surface area (Å²) in [6.07, 6.45) is 6.27. The zero-order valence-electron chi connectivity index (χ0n) is 18.6. The molecule has 1 fully saturated rings. The lowest BCUT2D eigenvalue weighted by molar-refractivity contribution is 0.0978. The van der Waals surface area contributed by atoms with Gasteiger partial charge in [-0.2, -0.15) is 14.6 Å². The van der Waals surface area contributed by atoms with E-state index in [2.05, 4.69) is 31.5 Å². The number of nitrogens with zero attached hydrogens (tertiary/aromatic N) is 6. The molecule has 4 aromatic heterocycles. The molecule has 1 aliphatic rings. The number of amides is 1. The molecule has 1 saturated heterocycles. The zero-order valence-corrected chi connectivity index (χ0v) is 18.6. The smallest absolute Gasteiger partial charge is 0.254 e. The van der Waals surface area contributed by atoms with Crippen LogP contribution in [0.3, 0.4) is 0 Å². The SMILES string of the molecule is NCC1(n2cc(C(N)=O)c(Nc3ccnc(F)c3)n2)CCN(Cc2cccc3ccnn23)CC1. The summed E-state index contributed by atoms with van der Waals surface area (Å²) in [5.74, 6) is -0.999. The van der Waals surface area contributed by atoms with E-state index in [0.717, 1.165) is 43.7 Å². The first-order valence-electron chi connectivity index (χ1n) is 11.1. The number of hydrogen-bond donors (Lipinski definition) is 3. The Labute approximate surface area is 195 Å². The van der Waals surface area contributed by atoms with Gasteiger partial charge in [0.15, 0.2) is 5.82 Å². The first kappa shape index (κ1) is 22.0. The summed E-state index contributed by atoms with van der Waals surface area (Å²) in [5, 5.41) is 12.0. The van der Waals surface area contributed by atoms with Crippen LogP contribution in [0.25, 0.3) is 5.52 Å². The number of pyridine rings is 2. The molecule has 0 unspecified atom stereocenters. The Morgan fingerprint density at radius 3 is 2.74 bits per heavy atom. The molecule has 0 aromatic carbocycles. The van der Waals surface area contributed by atoms with Crippen LogP contribution in [0.4, 0.5) is 15.9 Å². The van der Waals surface area contributed by atoms with Crippen LogP contribution < -0.4 is 16.8 Å². The second-order valence-electron chi connectivity index (χ2n) is 8.58. The Hall–Kier alpha value is -3.83. The van der Waals surface area contributed by atoms with E-state index in [4.69, 9.17) is 11.5 Å². The molecule has 0 spiro atoms. The Kier molecular flexibility index (Phi) is 5.72. The maximum absolute atomic E-state index is 13.5. The van der Waals surface area contributed by atoms with E-state index in [1.165, 1.54) is 12.3 Å². The van der Waals surface area contributed by atoms with Crippen molar-refractivity contribution >= 4 is 22.9 Å². The lowest BCUT2D eigenvalue weighted by atomic mass is 9.87. The lowest BCUT2D eigenvalue weighted by Crippen LogP contribution is -2.50. The highest BCUT2D eigenvalue weighted by Gasteiger charge is 2.37. The van der Waals surface area contributed by atoms with Crippen LogP contribution in [-0.4, -0.2) is 54.8 Å². The molecule has 10 nitrogen and oxygen atoms in total. The molecule has 5 N–H and O–H groups in total. The van der Waals surface area contributed by atoms with Gasteiger partial charge in [-0.1, -0.05) is 6.07 Å². The third-order valence-corrected chi connectivity index (χ3v) is 6.51. The molecular weight excluding hydrogens is 437 g/mol. The largest absolute Gasteiger partial charge is 0.365 e. The fourth-order valence-electron chi connectivity index (χ4n) is 4.52. The third kappa shape index (κ3) is 4.11. The van der Waals surface area contributed by atoms with Crippen molar-refractivity contribution < 1.29 is 9.18 Å². The maximum Gasteiger partial charge on any atom is 0.254 e. The number of carbonyl (C=O) groups excluding carboxylic acids is 1. The molecule has 0 atom stereocenters. The van der Waals surface area contributed by atoms with Crippen molar-refractivity contribution in [3.63, 3.8) is 0 Å². The molecule has 4 aromatic rings. The predicted octanol–water partition coefficient (Wildman–Crippen LogP) is 1.86. The number of primary amides is 1. The van der Waals surface area contributed by atoms with Crippen molar-refractivity contribution in [1.82, 2.24) is 29.3 Å². The number of nitrogens with two attached hydrogens (primary N) is 2. The zero-order chi connectivity index (χ0) is 23.7. The van der Waals surface area contributed by atoms with Crippen LogP contribution in [0.15, 0.2) is 55.0 Å². The maximum atomic E-state index is 13.5. The summed E-state index contributed by atoms with van der Waals surface area (Å²) in [4.78, 5) is 18.0. The number of aromatic nitrogens is 5. The fraction of sp³-hybridized carbons (Fsp3) is 0.304. The molecule has 34 heavy (non-hydrogen) atoms. The first-order valence-corrected chi connectivity index (χ1v) is 11.1. The van der Waals surface area contributed by atoms with Crippen LogP contribution in [0.5, 0.6) is 0 Å². The summed E-state index contributed by atoms with van der Waals surface area (Å²) in [5.41, 5.74) is 14.2. The van der Waals surface area contributed by atoms with Crippen molar-refractivity contribution in [2.75, 3.05) is 25.0 Å². The average Bonchev–Trinajstić information content (AvgIpc) is 3.48. The van der Waals surface area contributed by atoms with Gasteiger partial charge in [-0.25, -0.2) is 9.50 Å². The van der Waals surface area contributed by atoms with Crippen molar-refractivity contribution in [3.05, 3.63) is 72.2 Å². The molecule has 0 saturated carbocycles. The highest BCUT2D eigenvalue weighted by Crippen LogP contribution is 2.32. The molecule has 176 valence electrons.